The van der Waals surface area contributed by atoms with Crippen molar-refractivity contribution < 1.29 is 4.42 Å². The molecule has 2 aromatic rings. The number of aryl methyl sites for hydroxylation is 2. The Morgan fingerprint density at radius 2 is 2.16 bits per heavy atom. The minimum atomic E-state index is 0.743. The molecule has 0 atom stereocenters. The van der Waals surface area contributed by atoms with Crippen molar-refractivity contribution in [3.8, 4) is 0 Å². The van der Waals surface area contributed by atoms with Crippen LogP contribution in [0.1, 0.15) is 17.9 Å². The Hall–Kier alpha value is -1.39. The maximum absolute atomic E-state index is 5.50. The van der Waals surface area contributed by atoms with Gasteiger partial charge in [-0.3, -0.25) is 0 Å². The van der Waals surface area contributed by atoms with Gasteiger partial charge in [0.25, 0.3) is 0 Å². The number of fused-ring (bicyclic) bond motifs is 1. The van der Waals surface area contributed by atoms with E-state index in [1.807, 2.05) is 13.0 Å². The fourth-order valence-electron chi connectivity index (χ4n) is 2.69. The third-order valence-electron chi connectivity index (χ3n) is 3.71. The van der Waals surface area contributed by atoms with Gasteiger partial charge in [0.15, 0.2) is 11.5 Å². The van der Waals surface area contributed by atoms with Crippen LogP contribution in [0.2, 0.25) is 0 Å². The number of nitrogens with zero attached hydrogens (tertiary/aromatic N) is 2. The second kappa shape index (κ2) is 5.72. The summed E-state index contributed by atoms with van der Waals surface area (Å²) in [5.74, 6) is 0.743. The zero-order valence-electron chi connectivity index (χ0n) is 11.5. The van der Waals surface area contributed by atoms with Crippen LogP contribution in [-0.2, 0) is 6.42 Å². The van der Waals surface area contributed by atoms with E-state index in [2.05, 4.69) is 27.3 Å². The average molecular weight is 259 g/mol. The van der Waals surface area contributed by atoms with Crippen molar-refractivity contribution >= 4 is 11.1 Å². The van der Waals surface area contributed by atoms with Crippen LogP contribution in [0.3, 0.4) is 0 Å². The molecule has 4 heteroatoms. The molecule has 3 rings (SSSR count). The number of piperazine rings is 1. The van der Waals surface area contributed by atoms with E-state index in [-0.39, 0.29) is 0 Å². The summed E-state index contributed by atoms with van der Waals surface area (Å²) in [6.45, 7) is 7.71. The highest BCUT2D eigenvalue weighted by atomic mass is 16.3. The largest absolute Gasteiger partial charge is 0.441 e. The first-order valence-corrected chi connectivity index (χ1v) is 7.10. The van der Waals surface area contributed by atoms with Crippen LogP contribution in [-0.4, -0.2) is 42.6 Å². The predicted molar refractivity (Wildman–Crippen MR) is 76.4 cm³/mol. The van der Waals surface area contributed by atoms with Gasteiger partial charge in [-0.25, -0.2) is 4.98 Å². The van der Waals surface area contributed by atoms with Gasteiger partial charge in [-0.05, 0) is 37.1 Å². The molecule has 0 aliphatic carbocycles. The molecule has 1 N–H and O–H groups in total. The Morgan fingerprint density at radius 3 is 3.00 bits per heavy atom. The zero-order chi connectivity index (χ0) is 13.1. The number of oxazole rings is 1. The van der Waals surface area contributed by atoms with Crippen LogP contribution in [0.15, 0.2) is 22.6 Å². The topological polar surface area (TPSA) is 41.3 Å². The molecule has 102 valence electrons. The summed E-state index contributed by atoms with van der Waals surface area (Å²) in [4.78, 5) is 6.92. The van der Waals surface area contributed by atoms with Gasteiger partial charge in [-0.2, -0.15) is 0 Å². The van der Waals surface area contributed by atoms with E-state index in [0.29, 0.717) is 0 Å². The molecule has 1 fully saturated rings. The average Bonchev–Trinajstić information content (AvgIpc) is 2.79. The smallest absolute Gasteiger partial charge is 0.192 e. The summed E-state index contributed by atoms with van der Waals surface area (Å²) in [6, 6.07) is 6.35. The van der Waals surface area contributed by atoms with E-state index in [1.54, 1.807) is 0 Å². The SMILES string of the molecule is Cc1nc2cc(CCCN3CCNCC3)ccc2o1. The van der Waals surface area contributed by atoms with Crippen LogP contribution >= 0.6 is 0 Å². The Balaban J connectivity index is 1.55. The molecule has 19 heavy (non-hydrogen) atoms. The Labute approximate surface area is 113 Å². The molecule has 0 amide bonds. The highest BCUT2D eigenvalue weighted by Gasteiger charge is 2.09. The van der Waals surface area contributed by atoms with E-state index in [9.17, 15) is 0 Å². The number of rotatable bonds is 4. The van der Waals surface area contributed by atoms with E-state index in [0.717, 1.165) is 36.5 Å². The molecule has 4 nitrogen and oxygen atoms in total. The van der Waals surface area contributed by atoms with Gasteiger partial charge in [0.1, 0.15) is 5.52 Å². The van der Waals surface area contributed by atoms with Gasteiger partial charge >= 0.3 is 0 Å². The molecule has 1 aliphatic rings. The molecule has 1 aliphatic heterocycles. The summed E-state index contributed by atoms with van der Waals surface area (Å²) in [5.41, 5.74) is 3.23. The summed E-state index contributed by atoms with van der Waals surface area (Å²) in [5, 5.41) is 3.38. The quantitative estimate of drug-likeness (QED) is 0.911. The van der Waals surface area contributed by atoms with Crippen molar-refractivity contribution in [3.05, 3.63) is 29.7 Å². The third-order valence-corrected chi connectivity index (χ3v) is 3.71. The maximum Gasteiger partial charge on any atom is 0.192 e. The van der Waals surface area contributed by atoms with Crippen molar-refractivity contribution in [2.24, 2.45) is 0 Å². The normalized spacial score (nSPS) is 17.1. The molecule has 0 radical (unpaired) electrons. The van der Waals surface area contributed by atoms with Gasteiger partial charge in [0.2, 0.25) is 0 Å². The Morgan fingerprint density at radius 1 is 1.32 bits per heavy atom. The molecular formula is C15H21N3O. The summed E-state index contributed by atoms with van der Waals surface area (Å²) in [6.07, 6.45) is 2.33. The van der Waals surface area contributed by atoms with Gasteiger partial charge in [0.05, 0.1) is 0 Å². The van der Waals surface area contributed by atoms with E-state index in [4.69, 9.17) is 4.42 Å². The van der Waals surface area contributed by atoms with E-state index in [1.165, 1.54) is 31.6 Å². The lowest BCUT2D eigenvalue weighted by Crippen LogP contribution is -2.43. The zero-order valence-corrected chi connectivity index (χ0v) is 11.5. The van der Waals surface area contributed by atoms with Crippen molar-refractivity contribution in [2.45, 2.75) is 19.8 Å². The van der Waals surface area contributed by atoms with Crippen molar-refractivity contribution in [1.82, 2.24) is 15.2 Å². The highest BCUT2D eigenvalue weighted by Crippen LogP contribution is 2.17. The highest BCUT2D eigenvalue weighted by molar-refractivity contribution is 5.73. The molecule has 2 heterocycles. The number of nitrogens with one attached hydrogen (secondary N) is 1. The van der Waals surface area contributed by atoms with E-state index < -0.39 is 0 Å². The predicted octanol–water partition coefficient (Wildman–Crippen LogP) is 1.97. The summed E-state index contributed by atoms with van der Waals surface area (Å²) >= 11 is 0. The van der Waals surface area contributed by atoms with Crippen LogP contribution in [0.5, 0.6) is 0 Å². The lowest BCUT2D eigenvalue weighted by Gasteiger charge is -2.27. The van der Waals surface area contributed by atoms with E-state index >= 15 is 0 Å². The molecule has 1 aromatic heterocycles. The fourth-order valence-corrected chi connectivity index (χ4v) is 2.69. The molecular weight excluding hydrogens is 238 g/mol. The Bertz CT molecular complexity index is 543. The second-order valence-corrected chi connectivity index (χ2v) is 5.23. The van der Waals surface area contributed by atoms with Crippen LogP contribution in [0.25, 0.3) is 11.1 Å². The van der Waals surface area contributed by atoms with Gasteiger partial charge < -0.3 is 14.6 Å². The first kappa shape index (κ1) is 12.6. The molecule has 0 bridgehead atoms. The Kier molecular flexibility index (Phi) is 3.80. The number of hydrogen-bond donors (Lipinski definition) is 1. The molecule has 0 spiro atoms. The lowest BCUT2D eigenvalue weighted by molar-refractivity contribution is 0.238. The maximum atomic E-state index is 5.50. The van der Waals surface area contributed by atoms with Crippen LogP contribution < -0.4 is 5.32 Å². The molecule has 1 aromatic carbocycles. The first-order chi connectivity index (χ1) is 9.31. The fraction of sp³-hybridized carbons (Fsp3) is 0.533. The van der Waals surface area contributed by atoms with Gasteiger partial charge in [-0.1, -0.05) is 6.07 Å². The van der Waals surface area contributed by atoms with Crippen LogP contribution in [0.4, 0.5) is 0 Å². The minimum Gasteiger partial charge on any atom is -0.441 e. The molecule has 1 saturated heterocycles. The number of benzene rings is 1. The van der Waals surface area contributed by atoms with Crippen molar-refractivity contribution in [3.63, 3.8) is 0 Å². The van der Waals surface area contributed by atoms with Crippen LogP contribution in [0, 0.1) is 6.92 Å². The van der Waals surface area contributed by atoms with Gasteiger partial charge in [-0.15, -0.1) is 0 Å². The standard InChI is InChI=1S/C15H21N3O/c1-12-17-14-11-13(4-5-15(14)19-12)3-2-8-18-9-6-16-7-10-18/h4-5,11,16H,2-3,6-10H2,1H3. The van der Waals surface area contributed by atoms with Gasteiger partial charge in [0, 0.05) is 33.1 Å². The monoisotopic (exact) mass is 259 g/mol. The summed E-state index contributed by atoms with van der Waals surface area (Å²) in [7, 11) is 0. The molecule has 0 saturated carbocycles. The number of aromatic nitrogens is 1. The van der Waals surface area contributed by atoms with Crippen molar-refractivity contribution in [2.75, 3.05) is 32.7 Å². The number of hydrogen-bond acceptors (Lipinski definition) is 4. The lowest BCUT2D eigenvalue weighted by atomic mass is 10.1. The first-order valence-electron chi connectivity index (χ1n) is 7.10. The minimum absolute atomic E-state index is 0.743. The molecule has 0 unspecified atom stereocenters. The second-order valence-electron chi connectivity index (χ2n) is 5.23. The third kappa shape index (κ3) is 3.14. The summed E-state index contributed by atoms with van der Waals surface area (Å²) < 4.78 is 5.50. The van der Waals surface area contributed by atoms with Crippen molar-refractivity contribution in [1.29, 1.82) is 0 Å².